The second-order valence-corrected chi connectivity index (χ2v) is 9.91. The van der Waals surface area contributed by atoms with E-state index < -0.39 is 0 Å². The molecule has 1 unspecified atom stereocenters. The fourth-order valence-corrected chi connectivity index (χ4v) is 5.00. The van der Waals surface area contributed by atoms with Crippen molar-refractivity contribution >= 4 is 0 Å². The molecular formula is C26H32FN3O3. The Balaban J connectivity index is 1.17. The zero-order chi connectivity index (χ0) is 22.8. The van der Waals surface area contributed by atoms with Crippen molar-refractivity contribution in [2.24, 2.45) is 5.92 Å². The Morgan fingerprint density at radius 3 is 2.82 bits per heavy atom. The van der Waals surface area contributed by atoms with E-state index in [9.17, 15) is 4.39 Å². The summed E-state index contributed by atoms with van der Waals surface area (Å²) in [5, 5.41) is 4.30. The third kappa shape index (κ3) is 4.98. The first-order chi connectivity index (χ1) is 16.0. The van der Waals surface area contributed by atoms with Gasteiger partial charge in [0.25, 0.3) is 0 Å². The molecule has 3 heterocycles. The van der Waals surface area contributed by atoms with E-state index >= 15 is 0 Å². The van der Waals surface area contributed by atoms with Crippen LogP contribution in [0.5, 0.6) is 11.5 Å². The minimum absolute atomic E-state index is 0.0655. The molecule has 2 aromatic rings. The molecule has 1 fully saturated rings. The molecule has 0 saturated carbocycles. The first-order valence-electron chi connectivity index (χ1n) is 12.0. The van der Waals surface area contributed by atoms with Gasteiger partial charge in [-0.3, -0.25) is 4.90 Å². The standard InChI is InChI=1S/C26H32FN3O3/c1-26(2,20-6-8-21(27)9-7-20)25-28-24(33-29-25)15-18-4-3-12-30(13-11-18)16-19-5-10-22-23(14-19)32-17-31-22/h5-6,8,10,14,18H,3-4,7,9,11-13,15-17H2,1-2H3. The summed E-state index contributed by atoms with van der Waals surface area (Å²) >= 11 is 0. The average Bonchev–Trinajstić information content (AvgIpc) is 3.41. The van der Waals surface area contributed by atoms with Crippen molar-refractivity contribution in [2.75, 3.05) is 19.9 Å². The quantitative estimate of drug-likeness (QED) is 0.576. The summed E-state index contributed by atoms with van der Waals surface area (Å²) in [7, 11) is 0. The predicted octanol–water partition coefficient (Wildman–Crippen LogP) is 5.49. The molecule has 1 saturated heterocycles. The van der Waals surface area contributed by atoms with Gasteiger partial charge in [-0.2, -0.15) is 4.98 Å². The van der Waals surface area contributed by atoms with Gasteiger partial charge in [0.2, 0.25) is 12.7 Å². The molecule has 1 aliphatic carbocycles. The van der Waals surface area contributed by atoms with Gasteiger partial charge >= 0.3 is 0 Å². The van der Waals surface area contributed by atoms with Crippen LogP contribution in [-0.2, 0) is 18.4 Å². The summed E-state index contributed by atoms with van der Waals surface area (Å²) in [5.74, 6) is 3.56. The first kappa shape index (κ1) is 22.1. The van der Waals surface area contributed by atoms with Gasteiger partial charge in [0.15, 0.2) is 17.3 Å². The number of benzene rings is 1. The van der Waals surface area contributed by atoms with Crippen LogP contribution in [0.15, 0.2) is 46.3 Å². The monoisotopic (exact) mass is 453 g/mol. The third-order valence-electron chi connectivity index (χ3n) is 7.18. The van der Waals surface area contributed by atoms with E-state index in [-0.39, 0.29) is 11.2 Å². The lowest BCUT2D eigenvalue weighted by Crippen LogP contribution is -2.24. The van der Waals surface area contributed by atoms with Crippen LogP contribution in [-0.4, -0.2) is 34.9 Å². The Bertz CT molecular complexity index is 1060. The van der Waals surface area contributed by atoms with E-state index in [1.165, 1.54) is 5.56 Å². The molecule has 0 spiro atoms. The van der Waals surface area contributed by atoms with Gasteiger partial charge in [0, 0.05) is 24.8 Å². The lowest BCUT2D eigenvalue weighted by Gasteiger charge is -2.26. The van der Waals surface area contributed by atoms with E-state index in [4.69, 9.17) is 19.0 Å². The minimum atomic E-state index is -0.357. The van der Waals surface area contributed by atoms with Crippen LogP contribution in [0, 0.1) is 5.92 Å². The molecule has 2 aliphatic heterocycles. The fourth-order valence-electron chi connectivity index (χ4n) is 5.00. The molecule has 176 valence electrons. The highest BCUT2D eigenvalue weighted by Gasteiger charge is 2.32. The highest BCUT2D eigenvalue weighted by Crippen LogP contribution is 2.36. The summed E-state index contributed by atoms with van der Waals surface area (Å²) < 4.78 is 30.0. The maximum Gasteiger partial charge on any atom is 0.231 e. The third-order valence-corrected chi connectivity index (χ3v) is 7.18. The molecule has 0 amide bonds. The fraction of sp³-hybridized carbons (Fsp3) is 0.538. The highest BCUT2D eigenvalue weighted by molar-refractivity contribution is 5.44. The number of aromatic nitrogens is 2. The van der Waals surface area contributed by atoms with Crippen molar-refractivity contribution in [3.05, 3.63) is 59.0 Å². The number of likely N-dealkylation sites (tertiary alicyclic amines) is 1. The Kier molecular flexibility index (Phi) is 6.23. The second-order valence-electron chi connectivity index (χ2n) is 9.91. The van der Waals surface area contributed by atoms with Crippen LogP contribution in [0.1, 0.15) is 63.2 Å². The molecule has 0 N–H and O–H groups in total. The number of fused-ring (bicyclic) bond motifs is 1. The van der Waals surface area contributed by atoms with Crippen LogP contribution in [0.2, 0.25) is 0 Å². The van der Waals surface area contributed by atoms with Crippen molar-refractivity contribution in [1.82, 2.24) is 15.0 Å². The van der Waals surface area contributed by atoms with E-state index in [0.29, 0.717) is 37.3 Å². The number of hydrogen-bond acceptors (Lipinski definition) is 6. The van der Waals surface area contributed by atoms with Crippen LogP contribution in [0.25, 0.3) is 0 Å². The van der Waals surface area contributed by atoms with Crippen molar-refractivity contribution in [3.63, 3.8) is 0 Å². The van der Waals surface area contributed by atoms with E-state index in [1.807, 2.05) is 12.1 Å². The van der Waals surface area contributed by atoms with Crippen LogP contribution < -0.4 is 9.47 Å². The molecular weight excluding hydrogens is 421 g/mol. The normalized spacial score (nSPS) is 21.5. The SMILES string of the molecule is CC(C)(C1=CC=C(F)CC1)c1noc(CC2CCCN(Cc3ccc4c(c3)OCO4)CC2)n1. The van der Waals surface area contributed by atoms with Crippen LogP contribution >= 0.6 is 0 Å². The number of halogens is 1. The predicted molar refractivity (Wildman–Crippen MR) is 123 cm³/mol. The summed E-state index contributed by atoms with van der Waals surface area (Å²) in [5.41, 5.74) is 2.04. The average molecular weight is 454 g/mol. The minimum Gasteiger partial charge on any atom is -0.454 e. The number of nitrogens with zero attached hydrogens (tertiary/aromatic N) is 3. The van der Waals surface area contributed by atoms with Crippen LogP contribution in [0.3, 0.4) is 0 Å². The van der Waals surface area contributed by atoms with Crippen molar-refractivity contribution in [2.45, 2.75) is 64.3 Å². The second kappa shape index (κ2) is 9.29. The van der Waals surface area contributed by atoms with Gasteiger partial charge in [-0.15, -0.1) is 0 Å². The Morgan fingerprint density at radius 2 is 1.97 bits per heavy atom. The number of ether oxygens (including phenoxy) is 2. The largest absolute Gasteiger partial charge is 0.454 e. The summed E-state index contributed by atoms with van der Waals surface area (Å²) in [6.07, 6.45) is 8.82. The smallest absolute Gasteiger partial charge is 0.231 e. The van der Waals surface area contributed by atoms with Gasteiger partial charge in [0.05, 0.1) is 0 Å². The molecule has 1 aromatic heterocycles. The molecule has 5 rings (SSSR count). The molecule has 0 bridgehead atoms. The number of allylic oxidation sites excluding steroid dienone is 4. The molecule has 3 aliphatic rings. The molecule has 1 aromatic carbocycles. The van der Waals surface area contributed by atoms with Crippen molar-refractivity contribution in [3.8, 4) is 11.5 Å². The summed E-state index contributed by atoms with van der Waals surface area (Å²) in [6, 6.07) is 6.23. The lowest BCUT2D eigenvalue weighted by atomic mass is 9.79. The molecule has 6 nitrogen and oxygen atoms in total. The maximum absolute atomic E-state index is 13.4. The van der Waals surface area contributed by atoms with E-state index in [2.05, 4.69) is 36.0 Å². The van der Waals surface area contributed by atoms with Gasteiger partial charge in [-0.1, -0.05) is 22.9 Å². The Morgan fingerprint density at radius 1 is 1.09 bits per heavy atom. The Hall–Kier alpha value is -2.67. The van der Waals surface area contributed by atoms with E-state index in [0.717, 1.165) is 62.4 Å². The first-order valence-corrected chi connectivity index (χ1v) is 12.0. The number of hydrogen-bond donors (Lipinski definition) is 0. The molecule has 7 heteroatoms. The van der Waals surface area contributed by atoms with Gasteiger partial charge in [-0.25, -0.2) is 4.39 Å². The van der Waals surface area contributed by atoms with Gasteiger partial charge < -0.3 is 14.0 Å². The molecule has 1 atom stereocenters. The van der Waals surface area contributed by atoms with E-state index in [1.54, 1.807) is 6.08 Å². The van der Waals surface area contributed by atoms with Gasteiger partial charge in [-0.05, 0) is 82.3 Å². The molecule has 33 heavy (non-hydrogen) atoms. The topological polar surface area (TPSA) is 60.6 Å². The zero-order valence-electron chi connectivity index (χ0n) is 19.5. The highest BCUT2D eigenvalue weighted by atomic mass is 19.1. The van der Waals surface area contributed by atoms with Gasteiger partial charge in [0.1, 0.15) is 5.83 Å². The summed E-state index contributed by atoms with van der Waals surface area (Å²) in [6.45, 7) is 7.55. The van der Waals surface area contributed by atoms with Crippen LogP contribution in [0.4, 0.5) is 4.39 Å². The van der Waals surface area contributed by atoms with Crippen molar-refractivity contribution in [1.29, 1.82) is 0 Å². The Labute approximate surface area is 194 Å². The van der Waals surface area contributed by atoms with Crippen molar-refractivity contribution < 1.29 is 18.4 Å². The number of rotatable bonds is 6. The molecule has 0 radical (unpaired) electrons. The summed E-state index contributed by atoms with van der Waals surface area (Å²) in [4.78, 5) is 7.26. The zero-order valence-corrected chi connectivity index (χ0v) is 19.5. The maximum atomic E-state index is 13.4. The lowest BCUT2D eigenvalue weighted by molar-refractivity contribution is 0.174.